The molecular formula is C15H17N3O3. The Kier molecular flexibility index (Phi) is 4.27. The van der Waals surface area contributed by atoms with E-state index in [9.17, 15) is 10.1 Å². The van der Waals surface area contributed by atoms with Gasteiger partial charge >= 0.3 is 0 Å². The average molecular weight is 287 g/mol. The van der Waals surface area contributed by atoms with E-state index in [-0.39, 0.29) is 11.4 Å². The lowest BCUT2D eigenvalue weighted by Gasteiger charge is -2.21. The number of anilines is 2. The summed E-state index contributed by atoms with van der Waals surface area (Å²) in [6, 6.07) is 12.5. The number of ether oxygens (including phenoxy) is 1. The third kappa shape index (κ3) is 3.22. The predicted octanol–water partition coefficient (Wildman–Crippen LogP) is 2.82. The first-order valence-electron chi connectivity index (χ1n) is 6.40. The van der Waals surface area contributed by atoms with E-state index in [0.29, 0.717) is 6.54 Å². The molecule has 0 heterocycles. The Balaban J connectivity index is 2.25. The molecule has 0 fully saturated rings. The SMILES string of the molecule is COc1ccccc1N(C)Cc1ccc(N)c([N+](=O)[O-])c1. The fraction of sp³-hybridized carbons (Fsp3) is 0.200. The molecule has 2 aromatic carbocycles. The lowest BCUT2D eigenvalue weighted by atomic mass is 10.1. The van der Waals surface area contributed by atoms with Crippen LogP contribution in [0.1, 0.15) is 5.56 Å². The molecule has 0 radical (unpaired) electrons. The van der Waals surface area contributed by atoms with E-state index in [1.807, 2.05) is 36.2 Å². The molecule has 2 N–H and O–H groups in total. The molecule has 0 saturated carbocycles. The van der Waals surface area contributed by atoms with Crippen LogP contribution in [0.4, 0.5) is 17.1 Å². The van der Waals surface area contributed by atoms with E-state index < -0.39 is 4.92 Å². The topological polar surface area (TPSA) is 81.6 Å². The molecule has 2 rings (SSSR count). The first-order valence-corrected chi connectivity index (χ1v) is 6.40. The fourth-order valence-electron chi connectivity index (χ4n) is 2.15. The van der Waals surface area contributed by atoms with E-state index in [1.165, 1.54) is 6.07 Å². The first kappa shape index (κ1) is 14.6. The van der Waals surface area contributed by atoms with E-state index in [2.05, 4.69) is 0 Å². The van der Waals surface area contributed by atoms with Gasteiger partial charge in [-0.05, 0) is 23.8 Å². The second-order valence-corrected chi connectivity index (χ2v) is 4.68. The fourth-order valence-corrected chi connectivity index (χ4v) is 2.15. The maximum atomic E-state index is 10.9. The summed E-state index contributed by atoms with van der Waals surface area (Å²) in [6.45, 7) is 0.515. The van der Waals surface area contributed by atoms with Crippen molar-refractivity contribution < 1.29 is 9.66 Å². The Morgan fingerprint density at radius 2 is 2.00 bits per heavy atom. The van der Waals surface area contributed by atoms with Crippen LogP contribution in [-0.2, 0) is 6.54 Å². The summed E-state index contributed by atoms with van der Waals surface area (Å²) in [6.07, 6.45) is 0. The molecule has 0 amide bonds. The smallest absolute Gasteiger partial charge is 0.292 e. The van der Waals surface area contributed by atoms with E-state index in [0.717, 1.165) is 17.0 Å². The lowest BCUT2D eigenvalue weighted by molar-refractivity contribution is -0.384. The summed E-state index contributed by atoms with van der Waals surface area (Å²) >= 11 is 0. The zero-order valence-corrected chi connectivity index (χ0v) is 11.9. The van der Waals surface area contributed by atoms with E-state index in [4.69, 9.17) is 10.5 Å². The molecule has 0 aromatic heterocycles. The monoisotopic (exact) mass is 287 g/mol. The van der Waals surface area contributed by atoms with Crippen molar-refractivity contribution in [2.75, 3.05) is 24.8 Å². The van der Waals surface area contributed by atoms with Gasteiger partial charge in [-0.2, -0.15) is 0 Å². The van der Waals surface area contributed by atoms with Crippen LogP contribution in [0.25, 0.3) is 0 Å². The third-order valence-electron chi connectivity index (χ3n) is 3.21. The van der Waals surface area contributed by atoms with Crippen LogP contribution in [-0.4, -0.2) is 19.1 Å². The highest BCUT2D eigenvalue weighted by Gasteiger charge is 2.14. The number of methoxy groups -OCH3 is 1. The van der Waals surface area contributed by atoms with Gasteiger partial charge in [-0.15, -0.1) is 0 Å². The number of rotatable bonds is 5. The standard InChI is InChI=1S/C15H17N3O3/c1-17(13-5-3-4-6-15(13)21-2)10-11-7-8-12(16)14(9-11)18(19)20/h3-9H,10,16H2,1-2H3. The Morgan fingerprint density at radius 1 is 1.29 bits per heavy atom. The summed E-state index contributed by atoms with van der Waals surface area (Å²) < 4.78 is 5.32. The second-order valence-electron chi connectivity index (χ2n) is 4.68. The molecule has 0 saturated heterocycles. The molecule has 6 heteroatoms. The third-order valence-corrected chi connectivity index (χ3v) is 3.21. The van der Waals surface area contributed by atoms with Gasteiger partial charge < -0.3 is 15.4 Å². The Labute approximate surface area is 122 Å². The van der Waals surface area contributed by atoms with Crippen molar-refractivity contribution in [3.8, 4) is 5.75 Å². The number of nitro groups is 1. The van der Waals surface area contributed by atoms with E-state index >= 15 is 0 Å². The van der Waals surface area contributed by atoms with Crippen LogP contribution in [0.15, 0.2) is 42.5 Å². The Bertz CT molecular complexity index is 658. The predicted molar refractivity (Wildman–Crippen MR) is 82.6 cm³/mol. The molecule has 110 valence electrons. The number of nitrogens with two attached hydrogens (primary N) is 1. The van der Waals surface area contributed by atoms with Gasteiger partial charge in [-0.1, -0.05) is 18.2 Å². The Hall–Kier alpha value is -2.76. The van der Waals surface area contributed by atoms with Crippen molar-refractivity contribution >= 4 is 17.1 Å². The summed E-state index contributed by atoms with van der Waals surface area (Å²) in [5, 5.41) is 10.9. The zero-order chi connectivity index (χ0) is 15.4. The highest BCUT2D eigenvalue weighted by Crippen LogP contribution is 2.29. The summed E-state index contributed by atoms with van der Waals surface area (Å²) in [4.78, 5) is 12.4. The van der Waals surface area contributed by atoms with Gasteiger partial charge in [-0.3, -0.25) is 10.1 Å². The highest BCUT2D eigenvalue weighted by molar-refractivity contribution is 5.61. The highest BCUT2D eigenvalue weighted by atomic mass is 16.6. The van der Waals surface area contributed by atoms with Gasteiger partial charge in [0.15, 0.2) is 0 Å². The number of para-hydroxylation sites is 2. The van der Waals surface area contributed by atoms with Crippen molar-refractivity contribution in [2.45, 2.75) is 6.54 Å². The van der Waals surface area contributed by atoms with Gasteiger partial charge in [-0.25, -0.2) is 0 Å². The molecule has 0 spiro atoms. The normalized spacial score (nSPS) is 10.2. The number of nitrogens with zero attached hydrogens (tertiary/aromatic N) is 2. The van der Waals surface area contributed by atoms with Gasteiger partial charge in [0.1, 0.15) is 11.4 Å². The number of hydrogen-bond donors (Lipinski definition) is 1. The second kappa shape index (κ2) is 6.13. The maximum Gasteiger partial charge on any atom is 0.292 e. The molecule has 6 nitrogen and oxygen atoms in total. The van der Waals surface area contributed by atoms with Crippen molar-refractivity contribution in [1.82, 2.24) is 0 Å². The summed E-state index contributed by atoms with van der Waals surface area (Å²) in [5.74, 6) is 0.755. The van der Waals surface area contributed by atoms with E-state index in [1.54, 1.807) is 19.2 Å². The first-order chi connectivity index (χ1) is 10.0. The van der Waals surface area contributed by atoms with Crippen molar-refractivity contribution in [3.05, 3.63) is 58.1 Å². The molecule has 0 aliphatic rings. The van der Waals surface area contributed by atoms with Crippen LogP contribution < -0.4 is 15.4 Å². The number of hydrogen-bond acceptors (Lipinski definition) is 5. The minimum absolute atomic E-state index is 0.0686. The molecule has 2 aromatic rings. The number of benzene rings is 2. The van der Waals surface area contributed by atoms with Crippen LogP contribution >= 0.6 is 0 Å². The van der Waals surface area contributed by atoms with Crippen LogP contribution in [0.3, 0.4) is 0 Å². The lowest BCUT2D eigenvalue weighted by Crippen LogP contribution is -2.17. The van der Waals surface area contributed by atoms with Gasteiger partial charge in [0.25, 0.3) is 5.69 Å². The van der Waals surface area contributed by atoms with Crippen LogP contribution in [0.2, 0.25) is 0 Å². The van der Waals surface area contributed by atoms with Crippen molar-refractivity contribution in [2.24, 2.45) is 0 Å². The molecule has 0 unspecified atom stereocenters. The molecule has 0 aliphatic carbocycles. The zero-order valence-electron chi connectivity index (χ0n) is 11.9. The minimum Gasteiger partial charge on any atom is -0.495 e. The largest absolute Gasteiger partial charge is 0.495 e. The average Bonchev–Trinajstić information content (AvgIpc) is 2.48. The molecular weight excluding hydrogens is 270 g/mol. The quantitative estimate of drug-likeness (QED) is 0.519. The van der Waals surface area contributed by atoms with Gasteiger partial charge in [0.05, 0.1) is 17.7 Å². The number of nitrogen functional groups attached to an aromatic ring is 1. The molecule has 0 aliphatic heterocycles. The number of nitro benzene ring substituents is 1. The summed E-state index contributed by atoms with van der Waals surface area (Å²) in [7, 11) is 3.51. The summed E-state index contributed by atoms with van der Waals surface area (Å²) in [5.41, 5.74) is 7.43. The van der Waals surface area contributed by atoms with Crippen molar-refractivity contribution in [3.63, 3.8) is 0 Å². The van der Waals surface area contributed by atoms with Crippen molar-refractivity contribution in [1.29, 1.82) is 0 Å². The molecule has 21 heavy (non-hydrogen) atoms. The van der Waals surface area contributed by atoms with Crippen LogP contribution in [0, 0.1) is 10.1 Å². The Morgan fingerprint density at radius 3 is 2.67 bits per heavy atom. The van der Waals surface area contributed by atoms with Gasteiger partial charge in [0.2, 0.25) is 0 Å². The maximum absolute atomic E-state index is 10.9. The molecule has 0 bridgehead atoms. The minimum atomic E-state index is -0.470. The van der Waals surface area contributed by atoms with Gasteiger partial charge in [0, 0.05) is 19.7 Å². The molecule has 0 atom stereocenters. The van der Waals surface area contributed by atoms with Crippen LogP contribution in [0.5, 0.6) is 5.75 Å².